The Labute approximate surface area is 168 Å². The van der Waals surface area contributed by atoms with Crippen LogP contribution >= 0.6 is 12.4 Å². The van der Waals surface area contributed by atoms with E-state index in [1.165, 1.54) is 60.1 Å². The van der Waals surface area contributed by atoms with Crippen LogP contribution < -0.4 is 0 Å². The van der Waals surface area contributed by atoms with Crippen molar-refractivity contribution < 1.29 is 4.74 Å². The number of benzene rings is 2. The molecule has 3 nitrogen and oxygen atoms in total. The lowest BCUT2D eigenvalue weighted by Crippen LogP contribution is -2.29. The molecule has 4 rings (SSSR count). The minimum absolute atomic E-state index is 0. The molecule has 1 aliphatic rings. The highest BCUT2D eigenvalue weighted by atomic mass is 35.5. The van der Waals surface area contributed by atoms with Crippen molar-refractivity contribution in [3.63, 3.8) is 0 Å². The van der Waals surface area contributed by atoms with Crippen LogP contribution in [0.15, 0.2) is 54.6 Å². The van der Waals surface area contributed by atoms with Gasteiger partial charge in [0.2, 0.25) is 0 Å². The quantitative estimate of drug-likeness (QED) is 0.573. The van der Waals surface area contributed by atoms with Crippen LogP contribution in [0.5, 0.6) is 0 Å². The standard InChI is InChI=1S/C23H28N2O.ClH/c1-24-22-13-7-6-12-20(22)21(16-25-14-8-3-9-15-25)23(24)18-26-17-19-10-4-2-5-11-19;/h2,4-7,10-13H,3,8-9,14-18H2,1H3;1H. The zero-order valence-corrected chi connectivity index (χ0v) is 16.9. The zero-order valence-electron chi connectivity index (χ0n) is 16.1. The SMILES string of the molecule is Cl.Cn1c(COCc2ccccc2)c(CN2CCCCC2)c2ccccc21. The number of aryl methyl sites for hydroxylation is 1. The van der Waals surface area contributed by atoms with Gasteiger partial charge in [-0.15, -0.1) is 12.4 Å². The predicted molar refractivity (Wildman–Crippen MR) is 114 cm³/mol. The number of para-hydroxylation sites is 1. The highest BCUT2D eigenvalue weighted by Crippen LogP contribution is 2.28. The van der Waals surface area contributed by atoms with Gasteiger partial charge in [-0.05, 0) is 43.1 Å². The molecule has 0 unspecified atom stereocenters. The van der Waals surface area contributed by atoms with Crippen molar-refractivity contribution in [3.8, 4) is 0 Å². The molecule has 27 heavy (non-hydrogen) atoms. The van der Waals surface area contributed by atoms with Crippen LogP contribution in [0.25, 0.3) is 10.9 Å². The van der Waals surface area contributed by atoms with Gasteiger partial charge in [-0.3, -0.25) is 4.90 Å². The molecule has 1 aliphatic heterocycles. The lowest BCUT2D eigenvalue weighted by atomic mass is 10.1. The van der Waals surface area contributed by atoms with E-state index in [-0.39, 0.29) is 12.4 Å². The minimum atomic E-state index is 0. The van der Waals surface area contributed by atoms with Gasteiger partial charge in [-0.1, -0.05) is 55.0 Å². The summed E-state index contributed by atoms with van der Waals surface area (Å²) in [6.07, 6.45) is 4.02. The number of rotatable bonds is 6. The van der Waals surface area contributed by atoms with Crippen LogP contribution in [0.2, 0.25) is 0 Å². The van der Waals surface area contributed by atoms with Crippen molar-refractivity contribution in [2.45, 2.75) is 39.0 Å². The second-order valence-electron chi connectivity index (χ2n) is 7.32. The van der Waals surface area contributed by atoms with Gasteiger partial charge in [-0.2, -0.15) is 0 Å². The van der Waals surface area contributed by atoms with E-state index in [1.807, 2.05) is 6.07 Å². The lowest BCUT2D eigenvalue weighted by Gasteiger charge is -2.26. The first-order valence-corrected chi connectivity index (χ1v) is 9.72. The molecule has 1 aromatic heterocycles. The van der Waals surface area contributed by atoms with Crippen molar-refractivity contribution in [2.24, 2.45) is 7.05 Å². The molecule has 1 saturated heterocycles. The second-order valence-corrected chi connectivity index (χ2v) is 7.32. The van der Waals surface area contributed by atoms with Crippen molar-refractivity contribution in [3.05, 3.63) is 71.4 Å². The van der Waals surface area contributed by atoms with Gasteiger partial charge in [0.15, 0.2) is 0 Å². The fourth-order valence-corrected chi connectivity index (χ4v) is 4.07. The molecule has 3 aromatic rings. The van der Waals surface area contributed by atoms with Crippen LogP contribution in [0, 0.1) is 0 Å². The van der Waals surface area contributed by atoms with Crippen molar-refractivity contribution >= 4 is 23.3 Å². The number of aromatic nitrogens is 1. The van der Waals surface area contributed by atoms with E-state index in [1.54, 1.807) is 0 Å². The Bertz CT molecular complexity index is 853. The second kappa shape index (κ2) is 9.41. The van der Waals surface area contributed by atoms with Gasteiger partial charge in [0.25, 0.3) is 0 Å². The van der Waals surface area contributed by atoms with Crippen LogP contribution in [0.1, 0.15) is 36.1 Å². The Balaban J connectivity index is 0.00000210. The molecule has 0 amide bonds. The maximum absolute atomic E-state index is 6.11. The summed E-state index contributed by atoms with van der Waals surface area (Å²) in [4.78, 5) is 2.60. The number of piperidine rings is 1. The van der Waals surface area contributed by atoms with Crippen molar-refractivity contribution in [2.75, 3.05) is 13.1 Å². The summed E-state index contributed by atoms with van der Waals surface area (Å²) in [5.74, 6) is 0. The number of fused-ring (bicyclic) bond motifs is 1. The Morgan fingerprint density at radius 3 is 2.33 bits per heavy atom. The van der Waals surface area contributed by atoms with E-state index >= 15 is 0 Å². The van der Waals surface area contributed by atoms with E-state index in [0.717, 1.165) is 6.54 Å². The predicted octanol–water partition coefficient (Wildman–Crippen LogP) is 5.30. The number of halogens is 1. The third kappa shape index (κ3) is 4.55. The lowest BCUT2D eigenvalue weighted by molar-refractivity contribution is 0.101. The Morgan fingerprint density at radius 1 is 0.852 bits per heavy atom. The van der Waals surface area contributed by atoms with E-state index in [9.17, 15) is 0 Å². The average molecular weight is 385 g/mol. The number of nitrogens with zero attached hydrogens (tertiary/aromatic N) is 2. The number of hydrogen-bond acceptors (Lipinski definition) is 2. The molecule has 0 radical (unpaired) electrons. The van der Waals surface area contributed by atoms with E-state index in [0.29, 0.717) is 13.2 Å². The average Bonchev–Trinajstić information content (AvgIpc) is 2.96. The Morgan fingerprint density at radius 2 is 1.56 bits per heavy atom. The molecule has 0 saturated carbocycles. The summed E-state index contributed by atoms with van der Waals surface area (Å²) >= 11 is 0. The Kier molecular flexibility index (Phi) is 6.95. The van der Waals surface area contributed by atoms with Crippen molar-refractivity contribution in [1.82, 2.24) is 9.47 Å². The molecule has 0 spiro atoms. The Hall–Kier alpha value is -1.81. The number of likely N-dealkylation sites (tertiary alicyclic amines) is 1. The highest BCUT2D eigenvalue weighted by Gasteiger charge is 2.19. The smallest absolute Gasteiger partial charge is 0.0875 e. The third-order valence-corrected chi connectivity index (χ3v) is 5.52. The molecule has 0 atom stereocenters. The molecule has 0 N–H and O–H groups in total. The number of hydrogen-bond donors (Lipinski definition) is 0. The third-order valence-electron chi connectivity index (χ3n) is 5.52. The molecular weight excluding hydrogens is 356 g/mol. The van der Waals surface area contributed by atoms with Gasteiger partial charge in [0, 0.05) is 30.2 Å². The normalized spacial score (nSPS) is 15.0. The summed E-state index contributed by atoms with van der Waals surface area (Å²) < 4.78 is 8.43. The highest BCUT2D eigenvalue weighted by molar-refractivity contribution is 5.85. The van der Waals surface area contributed by atoms with E-state index < -0.39 is 0 Å². The van der Waals surface area contributed by atoms with Gasteiger partial charge >= 0.3 is 0 Å². The van der Waals surface area contributed by atoms with E-state index in [4.69, 9.17) is 4.74 Å². The van der Waals surface area contributed by atoms with Gasteiger partial charge in [-0.25, -0.2) is 0 Å². The fraction of sp³-hybridized carbons (Fsp3) is 0.391. The molecular formula is C23H29ClN2O. The molecule has 2 aromatic carbocycles. The maximum atomic E-state index is 6.11. The summed E-state index contributed by atoms with van der Waals surface area (Å²) in [5.41, 5.74) is 5.28. The van der Waals surface area contributed by atoms with Gasteiger partial charge in [0.05, 0.1) is 13.2 Å². The molecule has 0 aliphatic carbocycles. The summed E-state index contributed by atoms with van der Waals surface area (Å²) in [6, 6.07) is 19.2. The first-order valence-electron chi connectivity index (χ1n) is 9.72. The van der Waals surface area contributed by atoms with Gasteiger partial charge < -0.3 is 9.30 Å². The molecule has 4 heteroatoms. The molecule has 2 heterocycles. The monoisotopic (exact) mass is 384 g/mol. The molecule has 0 bridgehead atoms. The van der Waals surface area contributed by atoms with Crippen molar-refractivity contribution in [1.29, 1.82) is 0 Å². The van der Waals surface area contributed by atoms with Crippen LogP contribution in [-0.4, -0.2) is 22.6 Å². The minimum Gasteiger partial charge on any atom is -0.371 e. The largest absolute Gasteiger partial charge is 0.371 e. The zero-order chi connectivity index (χ0) is 17.8. The summed E-state index contributed by atoms with van der Waals surface area (Å²) in [5, 5.41) is 1.37. The first-order chi connectivity index (χ1) is 12.8. The van der Waals surface area contributed by atoms with Crippen LogP contribution in [0.4, 0.5) is 0 Å². The topological polar surface area (TPSA) is 17.4 Å². The molecule has 144 valence electrons. The van der Waals surface area contributed by atoms with Crippen LogP contribution in [0.3, 0.4) is 0 Å². The van der Waals surface area contributed by atoms with Crippen LogP contribution in [-0.2, 0) is 31.5 Å². The summed E-state index contributed by atoms with van der Waals surface area (Å²) in [6.45, 7) is 4.78. The van der Waals surface area contributed by atoms with Gasteiger partial charge in [0.1, 0.15) is 0 Å². The fourth-order valence-electron chi connectivity index (χ4n) is 4.07. The van der Waals surface area contributed by atoms with E-state index in [2.05, 4.69) is 65.0 Å². The maximum Gasteiger partial charge on any atom is 0.0875 e. The first kappa shape index (κ1) is 19.9. The molecule has 1 fully saturated rings. The summed E-state index contributed by atoms with van der Waals surface area (Å²) in [7, 11) is 2.17. The number of ether oxygens (including phenoxy) is 1.